The van der Waals surface area contributed by atoms with Gasteiger partial charge >= 0.3 is 5.97 Å². The van der Waals surface area contributed by atoms with Crippen LogP contribution in [-0.2, 0) is 19.6 Å². The maximum absolute atomic E-state index is 13.0. The number of esters is 1. The molecule has 0 spiro atoms. The van der Waals surface area contributed by atoms with E-state index in [1.165, 1.54) is 33.5 Å². The lowest BCUT2D eigenvalue weighted by molar-refractivity contribution is -0.121. The lowest BCUT2D eigenvalue weighted by Gasteiger charge is -2.34. The molecule has 1 amide bonds. The molecule has 2 aromatic rings. The Bertz CT molecular complexity index is 1120. The molecule has 0 bridgehead atoms. The highest BCUT2D eigenvalue weighted by Gasteiger charge is 2.31. The number of hydrogen-bond acceptors (Lipinski definition) is 6. The van der Waals surface area contributed by atoms with E-state index in [-0.39, 0.29) is 28.8 Å². The first kappa shape index (κ1) is 24.4. The van der Waals surface area contributed by atoms with Crippen molar-refractivity contribution in [3.05, 3.63) is 60.2 Å². The summed E-state index contributed by atoms with van der Waals surface area (Å²) in [4.78, 5) is 26.2. The average Bonchev–Trinajstić information content (AvgIpc) is 2.80. The Hall–Kier alpha value is -3.22. The summed E-state index contributed by atoms with van der Waals surface area (Å²) in [5.74, 6) is -0.722. The van der Waals surface area contributed by atoms with E-state index < -0.39 is 28.5 Å². The Labute approximate surface area is 194 Å². The molecule has 1 heterocycles. The second kappa shape index (κ2) is 10.6. The molecule has 0 radical (unpaired) electrons. The molecule has 8 nitrogen and oxygen atoms in total. The minimum atomic E-state index is -3.65. The molecule has 2 atom stereocenters. The van der Waals surface area contributed by atoms with Gasteiger partial charge in [0.2, 0.25) is 10.0 Å². The molecular weight excluding hydrogens is 442 g/mol. The van der Waals surface area contributed by atoms with Crippen LogP contribution in [0.1, 0.15) is 30.6 Å². The number of ether oxygens (including phenoxy) is 1. The molecule has 1 saturated heterocycles. The second-order valence-corrected chi connectivity index (χ2v) is 10.3. The molecule has 2 unspecified atom stereocenters. The number of benzene rings is 2. The molecule has 1 fully saturated rings. The average molecular weight is 470 g/mol. The smallest absolute Gasteiger partial charge is 0.338 e. The predicted octanol–water partition coefficient (Wildman–Crippen LogP) is 3.07. The SMILES string of the molecule is CC1CC(C)CN(S(=O)(=O)c2ccc(C(=O)OCC(=O)N(CC#N)c3ccccc3)cc2)C1. The van der Waals surface area contributed by atoms with Gasteiger partial charge in [-0.15, -0.1) is 0 Å². The summed E-state index contributed by atoms with van der Waals surface area (Å²) >= 11 is 0. The molecule has 174 valence electrons. The van der Waals surface area contributed by atoms with Gasteiger partial charge in [0, 0.05) is 18.8 Å². The lowest BCUT2D eigenvalue weighted by Crippen LogP contribution is -2.42. The van der Waals surface area contributed by atoms with E-state index >= 15 is 0 Å². The third-order valence-electron chi connectivity index (χ3n) is 5.49. The van der Waals surface area contributed by atoms with Crippen molar-refractivity contribution in [1.29, 1.82) is 5.26 Å². The van der Waals surface area contributed by atoms with Gasteiger partial charge in [-0.1, -0.05) is 32.0 Å². The van der Waals surface area contributed by atoms with E-state index in [1.54, 1.807) is 30.3 Å². The molecule has 3 rings (SSSR count). The van der Waals surface area contributed by atoms with Crippen LogP contribution in [0.15, 0.2) is 59.5 Å². The van der Waals surface area contributed by atoms with Crippen molar-refractivity contribution in [1.82, 2.24) is 4.31 Å². The first-order valence-corrected chi connectivity index (χ1v) is 12.2. The van der Waals surface area contributed by atoms with Gasteiger partial charge in [0.05, 0.1) is 16.5 Å². The van der Waals surface area contributed by atoms with Crippen molar-refractivity contribution in [2.45, 2.75) is 25.2 Å². The van der Waals surface area contributed by atoms with Gasteiger partial charge in [0.1, 0.15) is 6.54 Å². The van der Waals surface area contributed by atoms with Crippen LogP contribution in [0, 0.1) is 23.2 Å². The number of carbonyl (C=O) groups is 2. The second-order valence-electron chi connectivity index (χ2n) is 8.34. The number of hydrogen-bond donors (Lipinski definition) is 0. The highest BCUT2D eigenvalue weighted by atomic mass is 32.2. The van der Waals surface area contributed by atoms with Crippen molar-refractivity contribution in [3.63, 3.8) is 0 Å². The number of nitriles is 1. The number of carbonyl (C=O) groups excluding carboxylic acids is 2. The number of sulfonamides is 1. The summed E-state index contributed by atoms with van der Waals surface area (Å²) in [7, 11) is -3.65. The zero-order valence-corrected chi connectivity index (χ0v) is 19.5. The number of rotatable bonds is 7. The van der Waals surface area contributed by atoms with Gasteiger partial charge < -0.3 is 4.74 Å². The summed E-state index contributed by atoms with van der Waals surface area (Å²) in [5, 5.41) is 9.01. The highest BCUT2D eigenvalue weighted by Crippen LogP contribution is 2.26. The van der Waals surface area contributed by atoms with Gasteiger partial charge in [0.15, 0.2) is 6.61 Å². The summed E-state index contributed by atoms with van der Waals surface area (Å²) < 4.78 is 32.6. The van der Waals surface area contributed by atoms with Crippen LogP contribution in [0.2, 0.25) is 0 Å². The lowest BCUT2D eigenvalue weighted by atomic mass is 9.94. The fourth-order valence-electron chi connectivity index (χ4n) is 4.00. The fourth-order valence-corrected chi connectivity index (χ4v) is 5.68. The number of nitrogens with zero attached hydrogens (tertiary/aromatic N) is 3. The molecule has 1 aliphatic heterocycles. The summed E-state index contributed by atoms with van der Waals surface area (Å²) in [6, 6.07) is 16.1. The van der Waals surface area contributed by atoms with Gasteiger partial charge in [-0.25, -0.2) is 13.2 Å². The number of anilines is 1. The third kappa shape index (κ3) is 5.97. The van der Waals surface area contributed by atoms with Crippen LogP contribution in [-0.4, -0.2) is 50.8 Å². The molecule has 0 aliphatic carbocycles. The van der Waals surface area contributed by atoms with Crippen LogP contribution in [0.3, 0.4) is 0 Å². The Morgan fingerprint density at radius 2 is 1.67 bits per heavy atom. The van der Waals surface area contributed by atoms with Crippen LogP contribution in [0.5, 0.6) is 0 Å². The zero-order valence-electron chi connectivity index (χ0n) is 18.7. The summed E-state index contributed by atoms with van der Waals surface area (Å²) in [5.41, 5.74) is 0.657. The molecule has 1 aliphatic rings. The molecule has 2 aromatic carbocycles. The van der Waals surface area contributed by atoms with Crippen LogP contribution in [0.25, 0.3) is 0 Å². The van der Waals surface area contributed by atoms with Gasteiger partial charge in [-0.05, 0) is 54.7 Å². The minimum Gasteiger partial charge on any atom is -0.452 e. The zero-order chi connectivity index (χ0) is 24.0. The van der Waals surface area contributed by atoms with E-state index in [4.69, 9.17) is 10.00 Å². The van der Waals surface area contributed by atoms with Gasteiger partial charge in [-0.2, -0.15) is 9.57 Å². The molecular formula is C24H27N3O5S. The quantitative estimate of drug-likeness (QED) is 0.456. The normalized spacial score (nSPS) is 18.8. The van der Waals surface area contributed by atoms with Crippen LogP contribution < -0.4 is 4.90 Å². The van der Waals surface area contributed by atoms with Crippen molar-refractivity contribution in [3.8, 4) is 6.07 Å². The van der Waals surface area contributed by atoms with Crippen molar-refractivity contribution < 1.29 is 22.7 Å². The summed E-state index contributed by atoms with van der Waals surface area (Å²) in [6.07, 6.45) is 0.992. The molecule has 0 saturated carbocycles. The third-order valence-corrected chi connectivity index (χ3v) is 7.33. The topological polar surface area (TPSA) is 108 Å². The van der Waals surface area contributed by atoms with Gasteiger partial charge in [-0.3, -0.25) is 9.69 Å². The molecule has 0 N–H and O–H groups in total. The fraction of sp³-hybridized carbons (Fsp3) is 0.375. The number of para-hydroxylation sites is 1. The Balaban J connectivity index is 1.64. The van der Waals surface area contributed by atoms with E-state index in [9.17, 15) is 18.0 Å². The van der Waals surface area contributed by atoms with Gasteiger partial charge in [0.25, 0.3) is 5.91 Å². The van der Waals surface area contributed by atoms with E-state index in [0.29, 0.717) is 18.8 Å². The standard InChI is InChI=1S/C24H27N3O5S/c1-18-14-19(2)16-26(15-18)33(30,31)22-10-8-20(9-11-22)24(29)32-17-23(28)27(13-12-25)21-6-4-3-5-7-21/h3-11,18-19H,13-17H2,1-2H3. The first-order chi connectivity index (χ1) is 15.7. The van der Waals surface area contributed by atoms with E-state index in [0.717, 1.165) is 6.42 Å². The van der Waals surface area contributed by atoms with Crippen LogP contribution >= 0.6 is 0 Å². The van der Waals surface area contributed by atoms with Crippen molar-refractivity contribution >= 4 is 27.6 Å². The molecule has 9 heteroatoms. The molecule has 0 aromatic heterocycles. The van der Waals surface area contributed by atoms with Crippen molar-refractivity contribution in [2.24, 2.45) is 11.8 Å². The number of amides is 1. The monoisotopic (exact) mass is 469 g/mol. The Morgan fingerprint density at radius 1 is 1.06 bits per heavy atom. The minimum absolute atomic E-state index is 0.112. The highest BCUT2D eigenvalue weighted by molar-refractivity contribution is 7.89. The maximum Gasteiger partial charge on any atom is 0.338 e. The summed E-state index contributed by atoms with van der Waals surface area (Å²) in [6.45, 7) is 4.29. The maximum atomic E-state index is 13.0. The largest absolute Gasteiger partial charge is 0.452 e. The van der Waals surface area contributed by atoms with Crippen LogP contribution in [0.4, 0.5) is 5.69 Å². The van der Waals surface area contributed by atoms with E-state index in [1.807, 2.05) is 19.9 Å². The Kier molecular flexibility index (Phi) is 7.84. The first-order valence-electron chi connectivity index (χ1n) is 10.7. The molecule has 33 heavy (non-hydrogen) atoms. The number of piperidine rings is 1. The predicted molar refractivity (Wildman–Crippen MR) is 123 cm³/mol. The van der Waals surface area contributed by atoms with Crippen molar-refractivity contribution in [2.75, 3.05) is 31.1 Å². The Morgan fingerprint density at radius 3 is 2.24 bits per heavy atom. The van der Waals surface area contributed by atoms with E-state index in [2.05, 4.69) is 0 Å².